The molecule has 1 heterocycles. The van der Waals surface area contributed by atoms with Gasteiger partial charge in [-0.05, 0) is 24.1 Å². The minimum atomic E-state index is -0.401. The maximum atomic E-state index is 6.15. The number of nitrogens with two attached hydrogens (primary N) is 1. The SMILES string of the molecule is Cc1ccccc1-c1nnc(C(N)c2ccccc2)o1. The molecule has 4 heteroatoms. The van der Waals surface area contributed by atoms with E-state index < -0.39 is 6.04 Å². The Kier molecular flexibility index (Phi) is 3.31. The van der Waals surface area contributed by atoms with Crippen molar-refractivity contribution in [2.45, 2.75) is 13.0 Å². The van der Waals surface area contributed by atoms with E-state index in [9.17, 15) is 0 Å². The molecule has 0 aliphatic rings. The fourth-order valence-electron chi connectivity index (χ4n) is 2.08. The minimum Gasteiger partial charge on any atom is -0.419 e. The summed E-state index contributed by atoms with van der Waals surface area (Å²) in [7, 11) is 0. The topological polar surface area (TPSA) is 64.9 Å². The van der Waals surface area contributed by atoms with Crippen LogP contribution in [0.1, 0.15) is 23.1 Å². The Bertz CT molecular complexity index is 707. The maximum Gasteiger partial charge on any atom is 0.248 e. The molecule has 2 aromatic carbocycles. The second kappa shape index (κ2) is 5.27. The van der Waals surface area contributed by atoms with Gasteiger partial charge in [0.2, 0.25) is 11.8 Å². The molecule has 3 rings (SSSR count). The van der Waals surface area contributed by atoms with E-state index >= 15 is 0 Å². The molecule has 2 N–H and O–H groups in total. The molecule has 1 aromatic heterocycles. The second-order valence-electron chi connectivity index (χ2n) is 4.65. The van der Waals surface area contributed by atoms with Gasteiger partial charge in [0, 0.05) is 5.56 Å². The molecule has 0 aliphatic carbocycles. The molecule has 0 spiro atoms. The first-order valence-corrected chi connectivity index (χ1v) is 6.45. The van der Waals surface area contributed by atoms with Crippen molar-refractivity contribution in [3.05, 3.63) is 71.6 Å². The van der Waals surface area contributed by atoms with Crippen LogP contribution < -0.4 is 5.73 Å². The average Bonchev–Trinajstić information content (AvgIpc) is 2.97. The fourth-order valence-corrected chi connectivity index (χ4v) is 2.08. The molecule has 0 amide bonds. The number of aryl methyl sites for hydroxylation is 1. The van der Waals surface area contributed by atoms with Crippen LogP contribution >= 0.6 is 0 Å². The maximum absolute atomic E-state index is 6.15. The van der Waals surface area contributed by atoms with Crippen molar-refractivity contribution in [1.82, 2.24) is 10.2 Å². The van der Waals surface area contributed by atoms with E-state index in [1.54, 1.807) is 0 Å². The van der Waals surface area contributed by atoms with Gasteiger partial charge in [-0.1, -0.05) is 48.5 Å². The molecule has 100 valence electrons. The van der Waals surface area contributed by atoms with Crippen molar-refractivity contribution in [2.24, 2.45) is 5.73 Å². The van der Waals surface area contributed by atoms with Gasteiger partial charge in [-0.2, -0.15) is 0 Å². The Labute approximate surface area is 117 Å². The number of aromatic nitrogens is 2. The van der Waals surface area contributed by atoms with Crippen LogP contribution in [0.3, 0.4) is 0 Å². The summed E-state index contributed by atoms with van der Waals surface area (Å²) in [4.78, 5) is 0. The lowest BCUT2D eigenvalue weighted by atomic mass is 10.1. The largest absolute Gasteiger partial charge is 0.419 e. The summed E-state index contributed by atoms with van der Waals surface area (Å²) in [5.41, 5.74) is 9.13. The van der Waals surface area contributed by atoms with Crippen molar-refractivity contribution in [3.63, 3.8) is 0 Å². The second-order valence-corrected chi connectivity index (χ2v) is 4.65. The van der Waals surface area contributed by atoms with E-state index in [1.165, 1.54) is 0 Å². The highest BCUT2D eigenvalue weighted by atomic mass is 16.4. The van der Waals surface area contributed by atoms with Crippen LogP contribution in [0, 0.1) is 6.92 Å². The highest BCUT2D eigenvalue weighted by Crippen LogP contribution is 2.25. The van der Waals surface area contributed by atoms with Gasteiger partial charge in [-0.15, -0.1) is 10.2 Å². The Morgan fingerprint density at radius 3 is 2.40 bits per heavy atom. The molecule has 4 nitrogen and oxygen atoms in total. The van der Waals surface area contributed by atoms with Crippen molar-refractivity contribution < 1.29 is 4.42 Å². The zero-order valence-electron chi connectivity index (χ0n) is 11.2. The molecule has 0 saturated carbocycles. The lowest BCUT2D eigenvalue weighted by molar-refractivity contribution is 0.484. The average molecular weight is 265 g/mol. The van der Waals surface area contributed by atoms with Gasteiger partial charge in [-0.3, -0.25) is 0 Å². The van der Waals surface area contributed by atoms with E-state index in [2.05, 4.69) is 10.2 Å². The first-order chi connectivity index (χ1) is 9.75. The van der Waals surface area contributed by atoms with Crippen molar-refractivity contribution in [2.75, 3.05) is 0 Å². The third kappa shape index (κ3) is 2.33. The summed E-state index contributed by atoms with van der Waals surface area (Å²) in [6.45, 7) is 2.01. The number of rotatable bonds is 3. The molecule has 0 radical (unpaired) electrons. The molecule has 0 saturated heterocycles. The Morgan fingerprint density at radius 2 is 1.65 bits per heavy atom. The molecule has 20 heavy (non-hydrogen) atoms. The molecule has 0 fully saturated rings. The van der Waals surface area contributed by atoms with Gasteiger partial charge in [0.1, 0.15) is 6.04 Å². The van der Waals surface area contributed by atoms with Crippen molar-refractivity contribution >= 4 is 0 Å². The van der Waals surface area contributed by atoms with Gasteiger partial charge in [0.25, 0.3) is 0 Å². The lowest BCUT2D eigenvalue weighted by Crippen LogP contribution is -2.11. The number of benzene rings is 2. The van der Waals surface area contributed by atoms with Gasteiger partial charge in [0.05, 0.1) is 0 Å². The summed E-state index contributed by atoms with van der Waals surface area (Å²) in [6, 6.07) is 17.2. The first-order valence-electron chi connectivity index (χ1n) is 6.45. The molecule has 1 atom stereocenters. The highest BCUT2D eigenvalue weighted by Gasteiger charge is 2.17. The van der Waals surface area contributed by atoms with Crippen molar-refractivity contribution in [1.29, 1.82) is 0 Å². The molecule has 1 unspecified atom stereocenters. The molecule has 0 aliphatic heterocycles. The van der Waals surface area contributed by atoms with E-state index in [-0.39, 0.29) is 0 Å². The van der Waals surface area contributed by atoms with E-state index in [1.807, 2.05) is 61.5 Å². The van der Waals surface area contributed by atoms with E-state index in [4.69, 9.17) is 10.2 Å². The highest BCUT2D eigenvalue weighted by molar-refractivity contribution is 5.57. The predicted molar refractivity (Wildman–Crippen MR) is 76.9 cm³/mol. The van der Waals surface area contributed by atoms with Crippen LogP contribution in [-0.4, -0.2) is 10.2 Å². The van der Waals surface area contributed by atoms with Crippen LogP contribution in [0.2, 0.25) is 0 Å². The van der Waals surface area contributed by atoms with Gasteiger partial charge >= 0.3 is 0 Å². The molecular weight excluding hydrogens is 250 g/mol. The summed E-state index contributed by atoms with van der Waals surface area (Å²) in [5.74, 6) is 0.930. The summed E-state index contributed by atoms with van der Waals surface area (Å²) in [5, 5.41) is 8.17. The van der Waals surface area contributed by atoms with E-state index in [0.29, 0.717) is 11.8 Å². The van der Waals surface area contributed by atoms with Crippen LogP contribution in [0.15, 0.2) is 59.0 Å². The fraction of sp³-hybridized carbons (Fsp3) is 0.125. The van der Waals surface area contributed by atoms with Crippen LogP contribution in [-0.2, 0) is 0 Å². The third-order valence-electron chi connectivity index (χ3n) is 3.24. The zero-order valence-corrected chi connectivity index (χ0v) is 11.2. The summed E-state index contributed by atoms with van der Waals surface area (Å²) < 4.78 is 5.72. The Morgan fingerprint density at radius 1 is 0.950 bits per heavy atom. The molecule has 0 bridgehead atoms. The van der Waals surface area contributed by atoms with Gasteiger partial charge < -0.3 is 10.2 Å². The standard InChI is InChI=1S/C16H15N3O/c1-11-7-5-6-10-13(11)15-18-19-16(20-15)14(17)12-8-3-2-4-9-12/h2-10,14H,17H2,1H3. The normalized spacial score (nSPS) is 12.3. The monoisotopic (exact) mass is 265 g/mol. The molecular formula is C16H15N3O. The Hall–Kier alpha value is -2.46. The molecule has 3 aromatic rings. The lowest BCUT2D eigenvalue weighted by Gasteiger charge is -2.06. The Balaban J connectivity index is 1.93. The predicted octanol–water partition coefficient (Wildman–Crippen LogP) is 3.09. The summed E-state index contributed by atoms with van der Waals surface area (Å²) in [6.07, 6.45) is 0. The number of nitrogens with zero attached hydrogens (tertiary/aromatic N) is 2. The number of hydrogen-bond donors (Lipinski definition) is 1. The van der Waals surface area contributed by atoms with Gasteiger partial charge in [-0.25, -0.2) is 0 Å². The quantitative estimate of drug-likeness (QED) is 0.790. The third-order valence-corrected chi connectivity index (χ3v) is 3.24. The van der Waals surface area contributed by atoms with Crippen LogP contribution in [0.25, 0.3) is 11.5 Å². The van der Waals surface area contributed by atoms with Crippen molar-refractivity contribution in [3.8, 4) is 11.5 Å². The zero-order chi connectivity index (χ0) is 13.9. The van der Waals surface area contributed by atoms with E-state index in [0.717, 1.165) is 16.7 Å². The minimum absolute atomic E-state index is 0.401. The van der Waals surface area contributed by atoms with Crippen LogP contribution in [0.5, 0.6) is 0 Å². The number of hydrogen-bond acceptors (Lipinski definition) is 4. The summed E-state index contributed by atoms with van der Waals surface area (Å²) >= 11 is 0. The smallest absolute Gasteiger partial charge is 0.248 e. The van der Waals surface area contributed by atoms with Gasteiger partial charge in [0.15, 0.2) is 0 Å². The van der Waals surface area contributed by atoms with Crippen LogP contribution in [0.4, 0.5) is 0 Å². The first kappa shape index (κ1) is 12.6.